The number of aryl methyl sites for hydroxylation is 2. The average molecular weight is 613 g/mol. The Bertz CT molecular complexity index is 1520. The van der Waals surface area contributed by atoms with Crippen LogP contribution in [0.3, 0.4) is 0 Å². The summed E-state index contributed by atoms with van der Waals surface area (Å²) in [4.78, 5) is 0. The minimum absolute atomic E-state index is 0.539. The largest absolute Gasteiger partial charge is 0.0992 e. The van der Waals surface area contributed by atoms with E-state index in [0.29, 0.717) is 17.8 Å². The predicted octanol–water partition coefficient (Wildman–Crippen LogP) is 12.5. The molecule has 0 amide bonds. The molecule has 0 radical (unpaired) electrons. The molecule has 2 fully saturated rings. The quantitative estimate of drug-likeness (QED) is 0.222. The van der Waals surface area contributed by atoms with Crippen molar-refractivity contribution in [3.8, 4) is 0 Å². The van der Waals surface area contributed by atoms with Crippen molar-refractivity contribution in [1.82, 2.24) is 0 Å². The van der Waals surface area contributed by atoms with Crippen molar-refractivity contribution in [2.75, 3.05) is 0 Å². The van der Waals surface area contributed by atoms with E-state index in [1.165, 1.54) is 91.2 Å². The first-order valence-electron chi connectivity index (χ1n) is 19.3. The molecule has 7 rings (SSSR count). The molecule has 4 unspecified atom stereocenters. The van der Waals surface area contributed by atoms with Gasteiger partial charge in [0.2, 0.25) is 0 Å². The van der Waals surface area contributed by atoms with Crippen molar-refractivity contribution < 1.29 is 0 Å². The molecule has 0 heteroatoms. The molecule has 0 nitrogen and oxygen atoms in total. The van der Waals surface area contributed by atoms with Gasteiger partial charge in [0, 0.05) is 5.92 Å². The zero-order valence-corrected chi connectivity index (χ0v) is 29.7. The van der Waals surface area contributed by atoms with Crippen molar-refractivity contribution >= 4 is 0 Å². The normalized spacial score (nSPS) is 30.7. The molecule has 0 heterocycles. The standard InChI is InChI=1S/C46H60/c1-7-33-26-40(24-23-38(33)25-31(5)43-27-39-12-8-9-13-41(39)32(43)6)45-28-44(42-14-10-11-30(4)46(42)45)37-21-19-36(20-22-37)35-17-15-34(16-18-35)29(2)3/h8-14,23-24,26,29,32,34-37,43-45H,5,7,15-22,25,27-28H2,1-4,6H3. The van der Waals surface area contributed by atoms with Gasteiger partial charge in [0.1, 0.15) is 0 Å². The van der Waals surface area contributed by atoms with Gasteiger partial charge in [-0.3, -0.25) is 0 Å². The van der Waals surface area contributed by atoms with Gasteiger partial charge in [-0.05, 0) is 176 Å². The van der Waals surface area contributed by atoms with Gasteiger partial charge in [-0.1, -0.05) is 101 Å². The van der Waals surface area contributed by atoms with Gasteiger partial charge in [-0.2, -0.15) is 0 Å². The highest BCUT2D eigenvalue weighted by atomic mass is 14.4. The summed E-state index contributed by atoms with van der Waals surface area (Å²) in [5, 5.41) is 0. The zero-order valence-electron chi connectivity index (χ0n) is 29.7. The Morgan fingerprint density at radius 1 is 0.783 bits per heavy atom. The molecule has 0 spiro atoms. The van der Waals surface area contributed by atoms with Crippen LogP contribution >= 0.6 is 0 Å². The maximum absolute atomic E-state index is 4.69. The number of fused-ring (bicyclic) bond motifs is 2. The maximum atomic E-state index is 4.69. The van der Waals surface area contributed by atoms with Crippen LogP contribution in [0.5, 0.6) is 0 Å². The van der Waals surface area contributed by atoms with E-state index in [1.807, 2.05) is 0 Å². The Morgan fingerprint density at radius 3 is 2.15 bits per heavy atom. The maximum Gasteiger partial charge on any atom is 0.0101 e. The van der Waals surface area contributed by atoms with Crippen molar-refractivity contribution in [3.63, 3.8) is 0 Å². The zero-order chi connectivity index (χ0) is 31.9. The molecule has 244 valence electrons. The summed E-state index contributed by atoms with van der Waals surface area (Å²) in [7, 11) is 0. The second-order valence-corrected chi connectivity index (χ2v) is 16.6. The van der Waals surface area contributed by atoms with E-state index < -0.39 is 0 Å². The molecule has 46 heavy (non-hydrogen) atoms. The van der Waals surface area contributed by atoms with E-state index in [9.17, 15) is 0 Å². The van der Waals surface area contributed by atoms with Crippen LogP contribution < -0.4 is 0 Å². The fraction of sp³-hybridized carbons (Fsp3) is 0.565. The fourth-order valence-electron chi connectivity index (χ4n) is 11.1. The summed E-state index contributed by atoms with van der Waals surface area (Å²) in [6.07, 6.45) is 16.4. The van der Waals surface area contributed by atoms with Gasteiger partial charge < -0.3 is 0 Å². The lowest BCUT2D eigenvalue weighted by Gasteiger charge is -2.40. The second-order valence-electron chi connectivity index (χ2n) is 16.6. The smallest absolute Gasteiger partial charge is 0.0101 e. The third-order valence-corrected chi connectivity index (χ3v) is 14.0. The number of rotatable bonds is 8. The van der Waals surface area contributed by atoms with Crippen LogP contribution in [0, 0.1) is 42.4 Å². The lowest BCUT2D eigenvalue weighted by atomic mass is 9.66. The van der Waals surface area contributed by atoms with E-state index in [1.54, 1.807) is 16.7 Å². The number of hydrogen-bond donors (Lipinski definition) is 0. The van der Waals surface area contributed by atoms with Crippen molar-refractivity contribution in [1.29, 1.82) is 0 Å². The monoisotopic (exact) mass is 612 g/mol. The first kappa shape index (κ1) is 32.0. The van der Waals surface area contributed by atoms with Gasteiger partial charge in [-0.25, -0.2) is 0 Å². The molecule has 4 aliphatic carbocycles. The summed E-state index contributed by atoms with van der Waals surface area (Å²) in [5.41, 5.74) is 13.9. The van der Waals surface area contributed by atoms with E-state index in [2.05, 4.69) is 102 Å². The molecule has 0 aliphatic heterocycles. The Labute approximate surface area is 281 Å². The minimum Gasteiger partial charge on any atom is -0.0992 e. The first-order chi connectivity index (χ1) is 22.3. The van der Waals surface area contributed by atoms with E-state index in [4.69, 9.17) is 0 Å². The molecule has 0 N–H and O–H groups in total. The first-order valence-corrected chi connectivity index (χ1v) is 19.3. The van der Waals surface area contributed by atoms with Crippen LogP contribution in [0.2, 0.25) is 0 Å². The summed E-state index contributed by atoms with van der Waals surface area (Å²) in [6, 6.07) is 23.9. The van der Waals surface area contributed by atoms with Crippen LogP contribution in [-0.2, 0) is 19.3 Å². The Balaban J connectivity index is 1.05. The van der Waals surface area contributed by atoms with Gasteiger partial charge in [0.05, 0.1) is 0 Å². The van der Waals surface area contributed by atoms with Gasteiger partial charge >= 0.3 is 0 Å². The van der Waals surface area contributed by atoms with E-state index in [-0.39, 0.29) is 0 Å². The van der Waals surface area contributed by atoms with Crippen LogP contribution in [0.4, 0.5) is 0 Å². The average Bonchev–Trinajstić information content (AvgIpc) is 3.64. The third-order valence-electron chi connectivity index (χ3n) is 14.0. The molecular weight excluding hydrogens is 553 g/mol. The highest BCUT2D eigenvalue weighted by molar-refractivity contribution is 5.51. The lowest BCUT2D eigenvalue weighted by molar-refractivity contribution is 0.125. The van der Waals surface area contributed by atoms with Crippen molar-refractivity contribution in [2.24, 2.45) is 35.5 Å². The van der Waals surface area contributed by atoms with Crippen molar-refractivity contribution in [3.05, 3.63) is 117 Å². The number of benzene rings is 3. The highest BCUT2D eigenvalue weighted by Crippen LogP contribution is 2.54. The van der Waals surface area contributed by atoms with Crippen LogP contribution in [0.25, 0.3) is 0 Å². The Kier molecular flexibility index (Phi) is 9.38. The minimum atomic E-state index is 0.539. The number of allylic oxidation sites excluding steroid dienone is 1. The van der Waals surface area contributed by atoms with Crippen LogP contribution in [0.1, 0.15) is 148 Å². The summed E-state index contributed by atoms with van der Waals surface area (Å²) in [5.74, 6) is 7.11. The molecule has 2 saturated carbocycles. The topological polar surface area (TPSA) is 0 Å². The second kappa shape index (κ2) is 13.5. The summed E-state index contributed by atoms with van der Waals surface area (Å²) >= 11 is 0. The molecule has 0 bridgehead atoms. The molecular formula is C46H60. The third kappa shape index (κ3) is 6.08. The summed E-state index contributed by atoms with van der Waals surface area (Å²) < 4.78 is 0. The van der Waals surface area contributed by atoms with Crippen LogP contribution in [0.15, 0.2) is 72.8 Å². The Hall–Kier alpha value is -2.60. The molecule has 4 aliphatic rings. The predicted molar refractivity (Wildman–Crippen MR) is 197 cm³/mol. The van der Waals surface area contributed by atoms with Gasteiger partial charge in [0.25, 0.3) is 0 Å². The van der Waals surface area contributed by atoms with Gasteiger partial charge in [0.15, 0.2) is 0 Å². The van der Waals surface area contributed by atoms with E-state index in [0.717, 1.165) is 54.8 Å². The van der Waals surface area contributed by atoms with E-state index >= 15 is 0 Å². The lowest BCUT2D eigenvalue weighted by Crippen LogP contribution is -2.28. The molecule has 3 aromatic carbocycles. The molecule has 0 aromatic heterocycles. The van der Waals surface area contributed by atoms with Crippen LogP contribution in [-0.4, -0.2) is 0 Å². The SMILES string of the molecule is C=C(Cc1ccc(C2CC(C3CCC(C4CCC(C(C)C)CC4)CC3)c3cccc(C)c32)cc1CC)C1Cc2ccccc2C1C. The molecule has 0 saturated heterocycles. The summed E-state index contributed by atoms with van der Waals surface area (Å²) in [6.45, 7) is 16.7. The molecule has 3 aromatic rings. The Morgan fingerprint density at radius 2 is 1.46 bits per heavy atom. The molecule has 4 atom stereocenters. The fourth-order valence-corrected chi connectivity index (χ4v) is 11.1. The van der Waals surface area contributed by atoms with Gasteiger partial charge in [-0.15, -0.1) is 0 Å². The highest BCUT2D eigenvalue weighted by Gasteiger charge is 2.40. The van der Waals surface area contributed by atoms with Crippen molar-refractivity contribution in [2.45, 2.75) is 129 Å². The number of hydrogen-bond acceptors (Lipinski definition) is 0.